The van der Waals surface area contributed by atoms with Gasteiger partial charge in [-0.05, 0) is 38.3 Å². The van der Waals surface area contributed by atoms with Gasteiger partial charge in [-0.15, -0.1) is 0 Å². The Balaban J connectivity index is 1.66. The molecule has 0 radical (unpaired) electrons. The van der Waals surface area contributed by atoms with Gasteiger partial charge in [-0.3, -0.25) is 9.89 Å². The van der Waals surface area contributed by atoms with Gasteiger partial charge in [0.2, 0.25) is 0 Å². The van der Waals surface area contributed by atoms with Crippen LogP contribution in [0.4, 0.5) is 0 Å². The first-order valence-corrected chi connectivity index (χ1v) is 7.84. The largest absolute Gasteiger partial charge is 0.328 e. The molecule has 7 heteroatoms. The number of nitrogens with zero attached hydrogens (tertiary/aromatic N) is 5. The van der Waals surface area contributed by atoms with Crippen molar-refractivity contribution < 1.29 is 4.79 Å². The lowest BCUT2D eigenvalue weighted by molar-refractivity contribution is 0.0600. The Bertz CT molecular complexity index is 851. The van der Waals surface area contributed by atoms with Gasteiger partial charge in [0.05, 0.1) is 29.6 Å². The lowest BCUT2D eigenvalue weighted by Crippen LogP contribution is -2.39. The smallest absolute Gasteiger partial charge is 0.255 e. The van der Waals surface area contributed by atoms with Crippen molar-refractivity contribution in [2.75, 3.05) is 6.54 Å². The van der Waals surface area contributed by atoms with E-state index in [1.807, 2.05) is 34.6 Å². The Hall–Kier alpha value is -2.70. The highest BCUT2D eigenvalue weighted by atomic mass is 16.2. The number of carbonyl (C=O) groups excluding carboxylic acids is 1. The number of aromatic nitrogens is 5. The van der Waals surface area contributed by atoms with E-state index in [1.54, 1.807) is 12.5 Å². The van der Waals surface area contributed by atoms with Gasteiger partial charge in [-0.1, -0.05) is 0 Å². The number of hydrogen-bond acceptors (Lipinski definition) is 4. The number of imidazole rings is 1. The number of fused-ring (bicyclic) bond motifs is 1. The molecule has 0 saturated carbocycles. The first kappa shape index (κ1) is 13.9. The molecule has 23 heavy (non-hydrogen) atoms. The van der Waals surface area contributed by atoms with Gasteiger partial charge in [-0.25, -0.2) is 9.97 Å². The predicted molar refractivity (Wildman–Crippen MR) is 83.9 cm³/mol. The van der Waals surface area contributed by atoms with Crippen molar-refractivity contribution >= 4 is 11.4 Å². The van der Waals surface area contributed by atoms with Crippen LogP contribution in [0.1, 0.15) is 47.3 Å². The Labute approximate surface area is 133 Å². The molecule has 1 aliphatic rings. The van der Waals surface area contributed by atoms with Crippen LogP contribution >= 0.6 is 0 Å². The monoisotopic (exact) mass is 310 g/mol. The zero-order valence-electron chi connectivity index (χ0n) is 12.9. The summed E-state index contributed by atoms with van der Waals surface area (Å²) in [5.74, 6) is 1.50. The summed E-state index contributed by atoms with van der Waals surface area (Å²) in [5.41, 5.74) is 1.64. The van der Waals surface area contributed by atoms with Crippen molar-refractivity contribution in [1.29, 1.82) is 0 Å². The number of likely N-dealkylation sites (tertiary alicyclic amines) is 1. The maximum absolute atomic E-state index is 13.0. The van der Waals surface area contributed by atoms with Crippen molar-refractivity contribution in [2.45, 2.75) is 32.2 Å². The minimum atomic E-state index is -0.0558. The number of aromatic amines is 1. The Morgan fingerprint density at radius 3 is 3.09 bits per heavy atom. The normalized spacial score (nSPS) is 18.5. The molecule has 4 heterocycles. The van der Waals surface area contributed by atoms with E-state index in [0.717, 1.165) is 37.1 Å². The summed E-state index contributed by atoms with van der Waals surface area (Å²) >= 11 is 0. The van der Waals surface area contributed by atoms with Gasteiger partial charge in [0.15, 0.2) is 5.82 Å². The molecule has 1 amide bonds. The number of carbonyl (C=O) groups is 1. The third-order valence-corrected chi connectivity index (χ3v) is 4.33. The van der Waals surface area contributed by atoms with Crippen LogP contribution in [0.3, 0.4) is 0 Å². The fraction of sp³-hybridized carbons (Fsp3) is 0.375. The SMILES string of the molecule is Cc1nc([C@@H]2CCCCN2C(=O)c2ccc3cncn3c2)n[nH]1. The molecule has 3 aromatic heterocycles. The lowest BCUT2D eigenvalue weighted by atomic mass is 10.0. The number of aryl methyl sites for hydroxylation is 1. The van der Waals surface area contributed by atoms with Crippen molar-refractivity contribution in [2.24, 2.45) is 0 Å². The summed E-state index contributed by atoms with van der Waals surface area (Å²) in [4.78, 5) is 23.4. The van der Waals surface area contributed by atoms with Crippen molar-refractivity contribution in [1.82, 2.24) is 29.5 Å². The van der Waals surface area contributed by atoms with Crippen LogP contribution in [0.15, 0.2) is 30.9 Å². The summed E-state index contributed by atoms with van der Waals surface area (Å²) in [6.45, 7) is 2.61. The molecule has 1 fully saturated rings. The minimum absolute atomic E-state index is 0.0211. The third kappa shape index (κ3) is 2.48. The molecule has 1 N–H and O–H groups in total. The van der Waals surface area contributed by atoms with Crippen LogP contribution < -0.4 is 0 Å². The molecular formula is C16H18N6O. The molecule has 118 valence electrons. The molecule has 1 atom stereocenters. The quantitative estimate of drug-likeness (QED) is 0.786. The second kappa shape index (κ2) is 5.49. The zero-order valence-corrected chi connectivity index (χ0v) is 12.9. The number of H-pyrrole nitrogens is 1. The van der Waals surface area contributed by atoms with Crippen LogP contribution in [0.2, 0.25) is 0 Å². The Kier molecular flexibility index (Phi) is 3.33. The minimum Gasteiger partial charge on any atom is -0.328 e. The van der Waals surface area contributed by atoms with E-state index < -0.39 is 0 Å². The summed E-state index contributed by atoms with van der Waals surface area (Å²) < 4.78 is 1.86. The van der Waals surface area contributed by atoms with Crippen LogP contribution in [-0.4, -0.2) is 41.9 Å². The predicted octanol–water partition coefficient (Wildman–Crippen LogP) is 2.13. The van der Waals surface area contributed by atoms with Gasteiger partial charge in [0.1, 0.15) is 5.82 Å². The summed E-state index contributed by atoms with van der Waals surface area (Å²) in [5, 5.41) is 7.14. The second-order valence-electron chi connectivity index (χ2n) is 5.93. The topological polar surface area (TPSA) is 79.2 Å². The fourth-order valence-electron chi connectivity index (χ4n) is 3.16. The number of piperidine rings is 1. The van der Waals surface area contributed by atoms with Crippen LogP contribution in [0, 0.1) is 6.92 Å². The Morgan fingerprint density at radius 2 is 2.26 bits per heavy atom. The molecular weight excluding hydrogens is 292 g/mol. The highest BCUT2D eigenvalue weighted by molar-refractivity contribution is 5.94. The van der Waals surface area contributed by atoms with E-state index in [1.165, 1.54) is 0 Å². The van der Waals surface area contributed by atoms with E-state index in [9.17, 15) is 4.79 Å². The molecule has 0 bridgehead atoms. The van der Waals surface area contributed by atoms with Crippen molar-refractivity contribution in [3.63, 3.8) is 0 Å². The van der Waals surface area contributed by atoms with Crippen molar-refractivity contribution in [3.05, 3.63) is 48.1 Å². The molecule has 0 aromatic carbocycles. The van der Waals surface area contributed by atoms with E-state index in [-0.39, 0.29) is 11.9 Å². The molecule has 3 aromatic rings. The molecule has 4 rings (SSSR count). The van der Waals surface area contributed by atoms with E-state index in [4.69, 9.17) is 0 Å². The van der Waals surface area contributed by atoms with E-state index >= 15 is 0 Å². The van der Waals surface area contributed by atoms with Crippen LogP contribution in [0.5, 0.6) is 0 Å². The average Bonchev–Trinajstić information content (AvgIpc) is 3.22. The molecule has 0 aliphatic carbocycles. The van der Waals surface area contributed by atoms with E-state index in [2.05, 4.69) is 20.2 Å². The number of amides is 1. The molecule has 1 aliphatic heterocycles. The standard InChI is InChI=1S/C16H18N6O/c1-11-18-15(20-19-11)14-4-2-3-7-22(14)16(23)12-5-6-13-8-17-10-21(13)9-12/h5-6,8-10,14H,2-4,7H2,1H3,(H,18,19,20)/t14-/m0/s1. The second-order valence-corrected chi connectivity index (χ2v) is 5.93. The van der Waals surface area contributed by atoms with Gasteiger partial charge in [-0.2, -0.15) is 5.10 Å². The fourth-order valence-corrected chi connectivity index (χ4v) is 3.16. The third-order valence-electron chi connectivity index (χ3n) is 4.33. The van der Waals surface area contributed by atoms with Gasteiger partial charge in [0.25, 0.3) is 5.91 Å². The van der Waals surface area contributed by atoms with Gasteiger partial charge < -0.3 is 9.30 Å². The summed E-state index contributed by atoms with van der Waals surface area (Å²) in [7, 11) is 0. The van der Waals surface area contributed by atoms with Gasteiger partial charge in [0, 0.05) is 12.7 Å². The number of pyridine rings is 1. The van der Waals surface area contributed by atoms with Crippen LogP contribution in [0.25, 0.3) is 5.52 Å². The first-order chi connectivity index (χ1) is 11.2. The maximum Gasteiger partial charge on any atom is 0.255 e. The molecule has 0 unspecified atom stereocenters. The molecule has 7 nitrogen and oxygen atoms in total. The lowest BCUT2D eigenvalue weighted by Gasteiger charge is -2.34. The van der Waals surface area contributed by atoms with Crippen molar-refractivity contribution in [3.8, 4) is 0 Å². The van der Waals surface area contributed by atoms with Crippen LogP contribution in [-0.2, 0) is 0 Å². The molecule has 0 spiro atoms. The average molecular weight is 310 g/mol. The Morgan fingerprint density at radius 1 is 1.35 bits per heavy atom. The highest BCUT2D eigenvalue weighted by Gasteiger charge is 2.31. The molecule has 1 saturated heterocycles. The van der Waals surface area contributed by atoms with Gasteiger partial charge >= 0.3 is 0 Å². The van der Waals surface area contributed by atoms with E-state index in [0.29, 0.717) is 11.4 Å². The summed E-state index contributed by atoms with van der Waals surface area (Å²) in [6.07, 6.45) is 8.31. The first-order valence-electron chi connectivity index (χ1n) is 7.84. The number of hydrogen-bond donors (Lipinski definition) is 1. The zero-order chi connectivity index (χ0) is 15.8. The number of rotatable bonds is 2. The summed E-state index contributed by atoms with van der Waals surface area (Å²) in [6, 6.07) is 3.71. The maximum atomic E-state index is 13.0. The number of nitrogens with one attached hydrogen (secondary N) is 1. The highest BCUT2D eigenvalue weighted by Crippen LogP contribution is 2.30.